The molecule has 0 aromatic heterocycles. The SMILES string of the molecule is CC1CCC2(CC1)NC(=O)N(CC(=O)N[C@H](C)C1CC1)C2=O. The molecule has 0 unspecified atom stereocenters. The topological polar surface area (TPSA) is 78.5 Å². The lowest BCUT2D eigenvalue weighted by atomic mass is 9.77. The zero-order valence-electron chi connectivity index (χ0n) is 13.4. The van der Waals surface area contributed by atoms with Gasteiger partial charge in [0.2, 0.25) is 5.91 Å². The molecule has 3 fully saturated rings. The third-order valence-electron chi connectivity index (χ3n) is 5.39. The van der Waals surface area contributed by atoms with Crippen LogP contribution in [-0.2, 0) is 9.59 Å². The van der Waals surface area contributed by atoms with E-state index in [1.54, 1.807) is 0 Å². The van der Waals surface area contributed by atoms with Crippen molar-refractivity contribution in [2.75, 3.05) is 6.54 Å². The highest BCUT2D eigenvalue weighted by molar-refractivity contribution is 6.09. The first-order chi connectivity index (χ1) is 10.4. The molecule has 1 heterocycles. The van der Waals surface area contributed by atoms with Gasteiger partial charge in [-0.25, -0.2) is 4.79 Å². The average molecular weight is 307 g/mol. The molecule has 3 rings (SSSR count). The van der Waals surface area contributed by atoms with E-state index in [-0.39, 0.29) is 24.4 Å². The van der Waals surface area contributed by atoms with Gasteiger partial charge in [-0.2, -0.15) is 0 Å². The van der Waals surface area contributed by atoms with Gasteiger partial charge < -0.3 is 10.6 Å². The molecule has 1 atom stereocenters. The fourth-order valence-electron chi connectivity index (χ4n) is 3.57. The maximum Gasteiger partial charge on any atom is 0.325 e. The first-order valence-electron chi connectivity index (χ1n) is 8.35. The van der Waals surface area contributed by atoms with Gasteiger partial charge in [-0.15, -0.1) is 0 Å². The molecule has 2 saturated carbocycles. The van der Waals surface area contributed by atoms with Crippen LogP contribution in [-0.4, -0.2) is 40.9 Å². The number of nitrogens with zero attached hydrogens (tertiary/aromatic N) is 1. The quantitative estimate of drug-likeness (QED) is 0.771. The van der Waals surface area contributed by atoms with Gasteiger partial charge in [0.25, 0.3) is 5.91 Å². The Morgan fingerprint density at radius 1 is 1.32 bits per heavy atom. The van der Waals surface area contributed by atoms with Gasteiger partial charge in [-0.3, -0.25) is 14.5 Å². The van der Waals surface area contributed by atoms with Crippen LogP contribution in [0, 0.1) is 11.8 Å². The molecule has 22 heavy (non-hydrogen) atoms. The summed E-state index contributed by atoms with van der Waals surface area (Å²) in [5.41, 5.74) is -0.758. The van der Waals surface area contributed by atoms with Crippen molar-refractivity contribution in [1.82, 2.24) is 15.5 Å². The lowest BCUT2D eigenvalue weighted by Crippen LogP contribution is -2.50. The summed E-state index contributed by atoms with van der Waals surface area (Å²) in [6.07, 6.45) is 5.51. The number of carbonyl (C=O) groups is 3. The zero-order valence-corrected chi connectivity index (χ0v) is 13.4. The maximum atomic E-state index is 12.6. The minimum atomic E-state index is -0.758. The van der Waals surface area contributed by atoms with Crippen molar-refractivity contribution in [3.8, 4) is 0 Å². The lowest BCUT2D eigenvalue weighted by molar-refractivity contribution is -0.136. The van der Waals surface area contributed by atoms with E-state index in [1.165, 1.54) is 0 Å². The second-order valence-electron chi connectivity index (χ2n) is 7.28. The monoisotopic (exact) mass is 307 g/mol. The van der Waals surface area contributed by atoms with E-state index < -0.39 is 11.6 Å². The molecule has 0 aromatic rings. The van der Waals surface area contributed by atoms with Crippen LogP contribution < -0.4 is 10.6 Å². The van der Waals surface area contributed by atoms with Crippen LogP contribution in [0.15, 0.2) is 0 Å². The Hall–Kier alpha value is -1.59. The number of amides is 4. The van der Waals surface area contributed by atoms with Crippen LogP contribution >= 0.6 is 0 Å². The second kappa shape index (κ2) is 5.56. The highest BCUT2D eigenvalue weighted by atomic mass is 16.2. The number of rotatable bonds is 4. The molecule has 0 bridgehead atoms. The normalized spacial score (nSPS) is 33.0. The summed E-state index contributed by atoms with van der Waals surface area (Å²) >= 11 is 0. The smallest absolute Gasteiger partial charge is 0.325 e. The molecule has 0 radical (unpaired) electrons. The fraction of sp³-hybridized carbons (Fsp3) is 0.812. The second-order valence-corrected chi connectivity index (χ2v) is 7.28. The fourth-order valence-corrected chi connectivity index (χ4v) is 3.57. The molecule has 2 aliphatic carbocycles. The van der Waals surface area contributed by atoms with Crippen molar-refractivity contribution in [3.63, 3.8) is 0 Å². The van der Waals surface area contributed by atoms with Crippen molar-refractivity contribution in [3.05, 3.63) is 0 Å². The Kier molecular flexibility index (Phi) is 3.87. The van der Waals surface area contributed by atoms with Crippen molar-refractivity contribution in [2.45, 2.75) is 64.0 Å². The van der Waals surface area contributed by atoms with Gasteiger partial charge in [0.15, 0.2) is 0 Å². The summed E-state index contributed by atoms with van der Waals surface area (Å²) in [7, 11) is 0. The number of hydrogen-bond donors (Lipinski definition) is 2. The van der Waals surface area contributed by atoms with Crippen LogP contribution in [0.3, 0.4) is 0 Å². The molecule has 1 aliphatic heterocycles. The Morgan fingerprint density at radius 3 is 2.55 bits per heavy atom. The molecule has 1 saturated heterocycles. The molecular weight excluding hydrogens is 282 g/mol. The predicted molar refractivity (Wildman–Crippen MR) is 80.9 cm³/mol. The molecule has 122 valence electrons. The zero-order chi connectivity index (χ0) is 15.9. The summed E-state index contributed by atoms with van der Waals surface area (Å²) in [5, 5.41) is 5.74. The first kappa shape index (κ1) is 15.3. The van der Waals surface area contributed by atoms with E-state index >= 15 is 0 Å². The van der Waals surface area contributed by atoms with Gasteiger partial charge in [-0.05, 0) is 57.3 Å². The van der Waals surface area contributed by atoms with Crippen LogP contribution in [0.1, 0.15) is 52.4 Å². The molecular formula is C16H25N3O3. The maximum absolute atomic E-state index is 12.6. The lowest BCUT2D eigenvalue weighted by Gasteiger charge is -2.33. The van der Waals surface area contributed by atoms with Gasteiger partial charge in [-0.1, -0.05) is 6.92 Å². The van der Waals surface area contributed by atoms with Crippen LogP contribution in [0.5, 0.6) is 0 Å². The van der Waals surface area contributed by atoms with E-state index in [0.29, 0.717) is 24.7 Å². The Morgan fingerprint density at radius 2 is 1.95 bits per heavy atom. The molecule has 4 amide bonds. The Bertz CT molecular complexity index is 493. The molecule has 0 aromatic carbocycles. The summed E-state index contributed by atoms with van der Waals surface area (Å²) < 4.78 is 0. The highest BCUT2D eigenvalue weighted by Gasteiger charge is 2.52. The first-order valence-corrected chi connectivity index (χ1v) is 8.35. The van der Waals surface area contributed by atoms with Crippen LogP contribution in [0.2, 0.25) is 0 Å². The van der Waals surface area contributed by atoms with E-state index in [4.69, 9.17) is 0 Å². The summed E-state index contributed by atoms with van der Waals surface area (Å²) in [6.45, 7) is 3.98. The molecule has 3 aliphatic rings. The van der Waals surface area contributed by atoms with E-state index in [9.17, 15) is 14.4 Å². The molecule has 6 nitrogen and oxygen atoms in total. The minimum Gasteiger partial charge on any atom is -0.352 e. The van der Waals surface area contributed by atoms with Gasteiger partial charge in [0, 0.05) is 6.04 Å². The van der Waals surface area contributed by atoms with Crippen LogP contribution in [0.4, 0.5) is 4.79 Å². The standard InChI is InChI=1S/C16H25N3O3/c1-10-5-7-16(8-6-10)14(21)19(15(22)18-16)9-13(20)17-11(2)12-3-4-12/h10-12H,3-9H2,1-2H3,(H,17,20)(H,18,22)/t10?,11-,16?/m1/s1. The average Bonchev–Trinajstić information content (AvgIpc) is 3.28. The summed E-state index contributed by atoms with van der Waals surface area (Å²) in [4.78, 5) is 37.9. The van der Waals surface area contributed by atoms with Crippen molar-refractivity contribution < 1.29 is 14.4 Å². The van der Waals surface area contributed by atoms with Gasteiger partial charge in [0.05, 0.1) is 0 Å². The van der Waals surface area contributed by atoms with Crippen molar-refractivity contribution in [2.24, 2.45) is 11.8 Å². The predicted octanol–water partition coefficient (Wildman–Crippen LogP) is 1.40. The van der Waals surface area contributed by atoms with E-state index in [0.717, 1.165) is 30.6 Å². The summed E-state index contributed by atoms with van der Waals surface area (Å²) in [6, 6.07) is -0.300. The number of carbonyl (C=O) groups excluding carboxylic acids is 3. The molecule has 1 spiro atoms. The third-order valence-corrected chi connectivity index (χ3v) is 5.39. The van der Waals surface area contributed by atoms with Gasteiger partial charge >= 0.3 is 6.03 Å². The Labute approximate surface area is 131 Å². The van der Waals surface area contributed by atoms with E-state index in [1.807, 2.05) is 6.92 Å². The summed E-state index contributed by atoms with van der Waals surface area (Å²) in [5.74, 6) is 0.674. The molecule has 6 heteroatoms. The Balaban J connectivity index is 1.60. The minimum absolute atomic E-state index is 0.123. The van der Waals surface area contributed by atoms with E-state index in [2.05, 4.69) is 17.6 Å². The largest absolute Gasteiger partial charge is 0.352 e. The van der Waals surface area contributed by atoms with Gasteiger partial charge in [0.1, 0.15) is 12.1 Å². The number of imide groups is 1. The molecule has 2 N–H and O–H groups in total. The highest BCUT2D eigenvalue weighted by Crippen LogP contribution is 2.36. The third kappa shape index (κ3) is 2.83. The van der Waals surface area contributed by atoms with Crippen LogP contribution in [0.25, 0.3) is 0 Å². The van der Waals surface area contributed by atoms with Crippen molar-refractivity contribution >= 4 is 17.8 Å². The number of nitrogens with one attached hydrogen (secondary N) is 2. The number of urea groups is 1. The van der Waals surface area contributed by atoms with Crippen molar-refractivity contribution in [1.29, 1.82) is 0 Å². The number of hydrogen-bond acceptors (Lipinski definition) is 3.